The minimum atomic E-state index is -0.908. The van der Waals surface area contributed by atoms with E-state index in [4.69, 9.17) is 10.5 Å². The van der Waals surface area contributed by atoms with Crippen LogP contribution in [0, 0.1) is 24.5 Å². The summed E-state index contributed by atoms with van der Waals surface area (Å²) < 4.78 is 37.4. The van der Waals surface area contributed by atoms with Crippen molar-refractivity contribution in [3.63, 3.8) is 0 Å². The van der Waals surface area contributed by atoms with Crippen LogP contribution in [-0.2, 0) is 6.61 Å². The van der Waals surface area contributed by atoms with Gasteiger partial charge in [0.15, 0.2) is 0 Å². The van der Waals surface area contributed by atoms with Crippen molar-refractivity contribution in [3.8, 4) is 5.88 Å². The Labute approximate surface area is 207 Å². The molecule has 0 fully saturated rings. The van der Waals surface area contributed by atoms with E-state index in [1.165, 1.54) is 12.1 Å². The Morgan fingerprint density at radius 3 is 2.51 bits per heavy atom. The number of nitrogens with two attached hydrogens (primary N) is 1. The van der Waals surface area contributed by atoms with Gasteiger partial charge in [0, 0.05) is 13.1 Å². The van der Waals surface area contributed by atoms with Crippen LogP contribution in [0.3, 0.4) is 0 Å². The van der Waals surface area contributed by atoms with E-state index in [0.29, 0.717) is 37.4 Å². The predicted octanol–water partition coefficient (Wildman–Crippen LogP) is 3.31. The van der Waals surface area contributed by atoms with E-state index >= 15 is 0 Å². The van der Waals surface area contributed by atoms with Crippen molar-refractivity contribution in [2.24, 2.45) is 11.7 Å². The number of carbonyl (C=O) groups is 2. The molecule has 35 heavy (non-hydrogen) atoms. The molecule has 2 aromatic rings. The summed E-state index contributed by atoms with van der Waals surface area (Å²) in [6.45, 7) is 6.97. The van der Waals surface area contributed by atoms with Crippen LogP contribution in [-0.4, -0.2) is 47.2 Å². The number of urea groups is 1. The van der Waals surface area contributed by atoms with Gasteiger partial charge < -0.3 is 26.2 Å². The first-order valence-corrected chi connectivity index (χ1v) is 12.2. The average Bonchev–Trinajstić information content (AvgIpc) is 3.15. The molecular weight excluding hydrogens is 480 g/mol. The van der Waals surface area contributed by atoms with Crippen LogP contribution in [0.4, 0.5) is 18.6 Å². The highest BCUT2D eigenvalue weighted by atomic mass is 32.1. The number of aliphatic hydroxyl groups is 1. The fourth-order valence-corrected chi connectivity index (χ4v) is 3.92. The Balaban J connectivity index is 1.82. The maximum Gasteiger partial charge on any atom is 0.319 e. The normalized spacial score (nSPS) is 12.0. The number of rotatable bonds is 14. The lowest BCUT2D eigenvalue weighted by atomic mass is 10.1. The SMILES string of the molecule is Cc1cc(F)c(COc2nsc(NC(=O)NCCCCC(O)CNCC(C)C)c2C(N)=O)c(F)c1. The number of halogens is 2. The fourth-order valence-electron chi connectivity index (χ4n) is 3.18. The van der Waals surface area contributed by atoms with Crippen molar-refractivity contribution in [2.45, 2.75) is 52.7 Å². The number of nitrogens with zero attached hydrogens (tertiary/aromatic N) is 1. The number of hydrogen-bond acceptors (Lipinski definition) is 7. The Kier molecular flexibility index (Phi) is 11.3. The van der Waals surface area contributed by atoms with Gasteiger partial charge in [-0.15, -0.1) is 0 Å². The summed E-state index contributed by atoms with van der Waals surface area (Å²) in [5.41, 5.74) is 5.32. The van der Waals surface area contributed by atoms with E-state index in [9.17, 15) is 23.5 Å². The van der Waals surface area contributed by atoms with Gasteiger partial charge in [0.1, 0.15) is 28.8 Å². The lowest BCUT2D eigenvalue weighted by molar-refractivity contribution is 0.0996. The molecule has 1 aromatic heterocycles. The monoisotopic (exact) mass is 513 g/mol. The van der Waals surface area contributed by atoms with Crippen molar-refractivity contribution in [3.05, 3.63) is 40.5 Å². The van der Waals surface area contributed by atoms with Crippen LogP contribution in [0.25, 0.3) is 0 Å². The topological polar surface area (TPSA) is 139 Å². The van der Waals surface area contributed by atoms with Crippen molar-refractivity contribution in [2.75, 3.05) is 25.0 Å². The molecule has 0 radical (unpaired) electrons. The van der Waals surface area contributed by atoms with Crippen LogP contribution in [0.1, 0.15) is 54.6 Å². The van der Waals surface area contributed by atoms with Crippen molar-refractivity contribution in [1.82, 2.24) is 15.0 Å². The number of aliphatic hydroxyl groups excluding tert-OH is 1. The van der Waals surface area contributed by atoms with Gasteiger partial charge >= 0.3 is 6.03 Å². The zero-order valence-electron chi connectivity index (χ0n) is 20.1. The summed E-state index contributed by atoms with van der Waals surface area (Å²) in [6.07, 6.45) is 1.54. The molecular formula is C23H33F2N5O4S. The van der Waals surface area contributed by atoms with Crippen molar-refractivity contribution < 1.29 is 28.2 Å². The van der Waals surface area contributed by atoms with Crippen LogP contribution in [0.15, 0.2) is 12.1 Å². The number of nitrogens with one attached hydrogen (secondary N) is 3. The third-order valence-corrected chi connectivity index (χ3v) is 5.70. The molecule has 0 aliphatic rings. The molecule has 1 atom stereocenters. The molecule has 9 nitrogen and oxygen atoms in total. The molecule has 12 heteroatoms. The van der Waals surface area contributed by atoms with Crippen LogP contribution < -0.4 is 26.4 Å². The molecule has 6 N–H and O–H groups in total. The number of aryl methyl sites for hydroxylation is 1. The first kappa shape index (κ1) is 28.4. The lowest BCUT2D eigenvalue weighted by Crippen LogP contribution is -2.31. The largest absolute Gasteiger partial charge is 0.471 e. The molecule has 1 heterocycles. The summed E-state index contributed by atoms with van der Waals surface area (Å²) >= 11 is 0.761. The molecule has 0 saturated heterocycles. The van der Waals surface area contributed by atoms with E-state index in [1.807, 2.05) is 0 Å². The second kappa shape index (κ2) is 13.9. The summed E-state index contributed by atoms with van der Waals surface area (Å²) in [5.74, 6) is -2.18. The Morgan fingerprint density at radius 1 is 1.20 bits per heavy atom. The number of anilines is 1. The number of carbonyl (C=O) groups excluding carboxylic acids is 2. The lowest BCUT2D eigenvalue weighted by Gasteiger charge is -2.13. The van der Waals surface area contributed by atoms with Gasteiger partial charge in [-0.25, -0.2) is 13.6 Å². The molecule has 0 spiro atoms. The maximum absolute atomic E-state index is 14.0. The number of hydrogen-bond donors (Lipinski definition) is 5. The van der Waals surface area contributed by atoms with Gasteiger partial charge in [0.05, 0.1) is 11.7 Å². The summed E-state index contributed by atoms with van der Waals surface area (Å²) in [4.78, 5) is 24.1. The molecule has 0 bridgehead atoms. The highest BCUT2D eigenvalue weighted by Crippen LogP contribution is 2.31. The first-order chi connectivity index (χ1) is 16.6. The zero-order valence-corrected chi connectivity index (χ0v) is 20.9. The summed E-state index contributed by atoms with van der Waals surface area (Å²) in [7, 11) is 0. The van der Waals surface area contributed by atoms with E-state index in [1.54, 1.807) is 6.92 Å². The van der Waals surface area contributed by atoms with Gasteiger partial charge in [-0.1, -0.05) is 13.8 Å². The number of aromatic nitrogens is 1. The Morgan fingerprint density at radius 2 is 1.89 bits per heavy atom. The van der Waals surface area contributed by atoms with E-state index in [2.05, 4.69) is 34.2 Å². The number of ether oxygens (including phenoxy) is 1. The van der Waals surface area contributed by atoms with Gasteiger partial charge in [-0.3, -0.25) is 10.1 Å². The summed E-state index contributed by atoms with van der Waals surface area (Å²) in [6, 6.07) is 1.76. The average molecular weight is 514 g/mol. The van der Waals surface area contributed by atoms with Crippen molar-refractivity contribution >= 4 is 28.5 Å². The number of amides is 3. The maximum atomic E-state index is 14.0. The number of unbranched alkanes of at least 4 members (excludes halogenated alkanes) is 1. The number of benzene rings is 1. The predicted molar refractivity (Wildman–Crippen MR) is 131 cm³/mol. The van der Waals surface area contributed by atoms with E-state index in [0.717, 1.165) is 24.5 Å². The van der Waals surface area contributed by atoms with Gasteiger partial charge in [0.2, 0.25) is 5.88 Å². The van der Waals surface area contributed by atoms with Gasteiger partial charge in [-0.2, -0.15) is 4.37 Å². The van der Waals surface area contributed by atoms with Gasteiger partial charge in [0.25, 0.3) is 5.91 Å². The molecule has 1 unspecified atom stereocenters. The molecule has 2 rings (SSSR count). The minimum Gasteiger partial charge on any atom is -0.471 e. The molecule has 1 aromatic carbocycles. The molecule has 0 saturated carbocycles. The Bertz CT molecular complexity index is 979. The summed E-state index contributed by atoms with van der Waals surface area (Å²) in [5, 5.41) is 18.3. The van der Waals surface area contributed by atoms with Crippen LogP contribution in [0.2, 0.25) is 0 Å². The van der Waals surface area contributed by atoms with E-state index < -0.39 is 36.3 Å². The fraction of sp³-hybridized carbons (Fsp3) is 0.522. The van der Waals surface area contributed by atoms with Crippen LogP contribution in [0.5, 0.6) is 5.88 Å². The third kappa shape index (κ3) is 9.38. The molecule has 194 valence electrons. The molecule has 0 aliphatic carbocycles. The number of primary amides is 1. The molecule has 3 amide bonds. The molecule has 0 aliphatic heterocycles. The minimum absolute atomic E-state index is 0.0569. The zero-order chi connectivity index (χ0) is 26.0. The standard InChI is InChI=1S/C23H33F2N5O4S/c1-13(2)10-27-11-15(31)6-4-5-7-28-23(33)29-22-19(20(26)32)21(30-35-22)34-12-16-17(24)8-14(3)9-18(16)25/h8-9,13,15,27,31H,4-7,10-12H2,1-3H3,(H2,26,32)(H2,28,29,33). The first-order valence-electron chi connectivity index (χ1n) is 11.4. The van der Waals surface area contributed by atoms with Gasteiger partial charge in [-0.05, 0) is 67.9 Å². The van der Waals surface area contributed by atoms with Crippen LogP contribution >= 0.6 is 11.5 Å². The second-order valence-corrected chi connectivity index (χ2v) is 9.41. The third-order valence-electron chi connectivity index (χ3n) is 4.96. The highest BCUT2D eigenvalue weighted by molar-refractivity contribution is 7.11. The van der Waals surface area contributed by atoms with Crippen molar-refractivity contribution in [1.29, 1.82) is 0 Å². The smallest absolute Gasteiger partial charge is 0.319 e. The quantitative estimate of drug-likeness (QED) is 0.246. The highest BCUT2D eigenvalue weighted by Gasteiger charge is 2.23. The Hall–Kier alpha value is -2.83. The van der Waals surface area contributed by atoms with E-state index in [-0.39, 0.29) is 22.0 Å². The second-order valence-electron chi connectivity index (χ2n) is 8.63.